The first-order chi connectivity index (χ1) is 28.1. The first-order valence-electron chi connectivity index (χ1n) is 22.0. The van der Waals surface area contributed by atoms with Gasteiger partial charge in [-0.05, 0) is 36.3 Å². The van der Waals surface area contributed by atoms with Crippen LogP contribution >= 0.6 is 0 Å². The Morgan fingerprint density at radius 2 is 0.949 bits per heavy atom. The van der Waals surface area contributed by atoms with Gasteiger partial charge >= 0.3 is 0 Å². The van der Waals surface area contributed by atoms with Crippen LogP contribution in [-0.4, -0.2) is 4.57 Å². The third-order valence-corrected chi connectivity index (χ3v) is 6.49. The number of nitrogens with zero attached hydrogens (tertiary/aromatic N) is 1. The lowest BCUT2D eigenvalue weighted by Gasteiger charge is -2.08. The second-order valence-electron chi connectivity index (χ2n) is 8.53. The number of fused-ring (bicyclic) bond motifs is 9. The Morgan fingerprint density at radius 3 is 1.62 bits per heavy atom. The third-order valence-electron chi connectivity index (χ3n) is 6.49. The lowest BCUT2D eigenvalue weighted by Crippen LogP contribution is -1.93. The molecule has 0 amide bonds. The van der Waals surface area contributed by atoms with Crippen LogP contribution in [0.2, 0.25) is 0 Å². The summed E-state index contributed by atoms with van der Waals surface area (Å²) in [5.74, 6) is 0. The van der Waals surface area contributed by atoms with Crippen LogP contribution < -0.4 is 0 Å². The number of aromatic nitrogens is 1. The molecule has 3 aromatic heterocycles. The lowest BCUT2D eigenvalue weighted by molar-refractivity contribution is 0.665. The smallest absolute Gasteiger partial charge is 0.143 e. The molecule has 0 bridgehead atoms. The second-order valence-corrected chi connectivity index (χ2v) is 8.53. The van der Waals surface area contributed by atoms with Gasteiger partial charge in [0.1, 0.15) is 22.3 Å². The van der Waals surface area contributed by atoms with Crippen molar-refractivity contribution in [2.45, 2.75) is 0 Å². The molecule has 0 saturated carbocycles. The van der Waals surface area contributed by atoms with Gasteiger partial charge in [-0.25, -0.2) is 0 Å². The molecule has 0 fully saturated rings. The van der Waals surface area contributed by atoms with E-state index in [1.165, 1.54) is 0 Å². The largest absolute Gasteiger partial charge is 0.455 e. The highest BCUT2D eigenvalue weighted by Crippen LogP contribution is 2.42. The fraction of sp³-hybridized carbons (Fsp3) is 0. The molecule has 182 valence electrons. The van der Waals surface area contributed by atoms with Crippen molar-refractivity contribution in [3.63, 3.8) is 0 Å². The summed E-state index contributed by atoms with van der Waals surface area (Å²) in [5.41, 5.74) is -4.60. The molecule has 39 heavy (non-hydrogen) atoms. The minimum atomic E-state index is -0.841. The summed E-state index contributed by atoms with van der Waals surface area (Å²) >= 11 is 0. The maximum absolute atomic E-state index is 9.59. The standard InChI is InChI=1S/C36H21NO2/c1-4-16-31-23(9-1)24-10-2-5-17-32(24)37(31)22-19-20-34-30(21-22)29-15-8-14-28(36(29)39-34)27-13-7-12-26-25-11-3-6-18-33(25)38-35(26)27/h1-21H/i1D,2D,3D,4D,5D,6D,7D,8D,9D,10D,11D,12D,13D,14D,15D,16D,17D,18D,19D,20D,21D. The first kappa shape index (κ1) is 9.18. The monoisotopic (exact) mass is 520 g/mol. The summed E-state index contributed by atoms with van der Waals surface area (Å²) in [6, 6.07) is -15.6. The van der Waals surface area contributed by atoms with E-state index in [0.717, 1.165) is 4.57 Å². The van der Waals surface area contributed by atoms with Crippen molar-refractivity contribution >= 4 is 65.7 Å². The number of hydrogen-bond donors (Lipinski definition) is 0. The Balaban J connectivity index is 1.51. The van der Waals surface area contributed by atoms with Crippen LogP contribution in [0.1, 0.15) is 28.8 Å². The van der Waals surface area contributed by atoms with Crippen molar-refractivity contribution in [1.29, 1.82) is 0 Å². The van der Waals surface area contributed by atoms with Gasteiger partial charge in [-0.15, -0.1) is 0 Å². The zero-order valence-electron chi connectivity index (χ0n) is 40.3. The highest BCUT2D eigenvalue weighted by Gasteiger charge is 2.18. The Kier molecular flexibility index (Phi) is 1.79. The van der Waals surface area contributed by atoms with E-state index in [2.05, 4.69) is 0 Å². The SMILES string of the molecule is [2H]c1c([2H])c([2H])c2c(oc3c(-c4c([2H])c([2H])c([2H])c5c4oc4c([2H])c([2H])c(-n6c7c([2H])c([2H])c([2H])c([2H])c7c7c([2H])c([2H])c([2H])c([2H])c76)c([2H])c45)c([2H])c([2H])c([2H])c32)c1[2H]. The summed E-state index contributed by atoms with van der Waals surface area (Å²) in [6.45, 7) is 0. The first-order valence-corrected chi connectivity index (χ1v) is 11.5. The number of benzene rings is 6. The average Bonchev–Trinajstić information content (AvgIpc) is 3.92. The zero-order chi connectivity index (χ0) is 43.8. The lowest BCUT2D eigenvalue weighted by atomic mass is 10.00. The van der Waals surface area contributed by atoms with Gasteiger partial charge in [-0.1, -0.05) is 90.6 Å². The van der Waals surface area contributed by atoms with Crippen molar-refractivity contribution in [3.8, 4) is 16.8 Å². The van der Waals surface area contributed by atoms with Crippen molar-refractivity contribution in [2.75, 3.05) is 0 Å². The van der Waals surface area contributed by atoms with E-state index in [9.17, 15) is 2.74 Å². The molecule has 0 unspecified atom stereocenters. The van der Waals surface area contributed by atoms with Crippen LogP contribution in [0.25, 0.3) is 82.5 Å². The molecule has 0 aliphatic heterocycles. The van der Waals surface area contributed by atoms with E-state index < -0.39 is 188 Å². The van der Waals surface area contributed by atoms with Crippen molar-refractivity contribution in [3.05, 3.63) is 127 Å². The fourth-order valence-corrected chi connectivity index (χ4v) is 4.85. The van der Waals surface area contributed by atoms with Gasteiger partial charge < -0.3 is 13.4 Å². The molecule has 0 radical (unpaired) electrons. The van der Waals surface area contributed by atoms with E-state index in [1.54, 1.807) is 0 Å². The van der Waals surface area contributed by atoms with Crippen molar-refractivity contribution in [2.24, 2.45) is 0 Å². The molecule has 3 nitrogen and oxygen atoms in total. The van der Waals surface area contributed by atoms with E-state index in [1.807, 2.05) is 0 Å². The van der Waals surface area contributed by atoms with Crippen LogP contribution in [0.3, 0.4) is 0 Å². The van der Waals surface area contributed by atoms with Gasteiger partial charge in [0, 0.05) is 49.1 Å². The summed E-state index contributed by atoms with van der Waals surface area (Å²) in [6.07, 6.45) is 0. The van der Waals surface area contributed by atoms with Crippen LogP contribution in [0.5, 0.6) is 0 Å². The van der Waals surface area contributed by atoms with Crippen LogP contribution in [0.15, 0.2) is 136 Å². The number of rotatable bonds is 2. The quantitative estimate of drug-likeness (QED) is 0.227. The molecule has 3 heterocycles. The van der Waals surface area contributed by atoms with Crippen molar-refractivity contribution < 1.29 is 37.6 Å². The Morgan fingerprint density at radius 1 is 0.436 bits per heavy atom. The second kappa shape index (κ2) is 7.62. The number of hydrogen-bond acceptors (Lipinski definition) is 2. The molecule has 0 N–H and O–H groups in total. The topological polar surface area (TPSA) is 31.2 Å². The van der Waals surface area contributed by atoms with E-state index in [-0.39, 0.29) is 21.5 Å². The van der Waals surface area contributed by atoms with Crippen molar-refractivity contribution in [1.82, 2.24) is 4.57 Å². The van der Waals surface area contributed by atoms with Crippen LogP contribution in [-0.2, 0) is 0 Å². The zero-order valence-corrected chi connectivity index (χ0v) is 19.3. The predicted molar refractivity (Wildman–Crippen MR) is 161 cm³/mol. The molecule has 3 heteroatoms. The minimum absolute atomic E-state index is 0.307. The summed E-state index contributed by atoms with van der Waals surface area (Å²) in [5, 5.41) is -2.28. The maximum atomic E-state index is 9.59. The molecular formula is C36H21NO2. The van der Waals surface area contributed by atoms with E-state index in [0.29, 0.717) is 0 Å². The van der Waals surface area contributed by atoms with Gasteiger partial charge in [-0.3, -0.25) is 0 Å². The van der Waals surface area contributed by atoms with Gasteiger partial charge in [0.25, 0.3) is 0 Å². The summed E-state index contributed by atoms with van der Waals surface area (Å²) in [4.78, 5) is 0. The molecule has 0 aliphatic rings. The van der Waals surface area contributed by atoms with Gasteiger partial charge in [0.2, 0.25) is 0 Å². The third kappa shape index (κ3) is 2.82. The normalized spacial score (nSPS) is 19.6. The molecule has 9 rings (SSSR count). The maximum Gasteiger partial charge on any atom is 0.143 e. The molecule has 0 atom stereocenters. The van der Waals surface area contributed by atoms with E-state index >= 15 is 0 Å². The average molecular weight is 521 g/mol. The van der Waals surface area contributed by atoms with Gasteiger partial charge in [0.05, 0.1) is 39.8 Å². The molecule has 0 spiro atoms. The number of para-hydroxylation sites is 5. The Labute approximate surface area is 252 Å². The molecule has 0 saturated heterocycles. The molecule has 0 aliphatic carbocycles. The highest BCUT2D eigenvalue weighted by molar-refractivity contribution is 6.15. The van der Waals surface area contributed by atoms with Crippen LogP contribution in [0, 0.1) is 0 Å². The highest BCUT2D eigenvalue weighted by atomic mass is 16.3. The van der Waals surface area contributed by atoms with Gasteiger partial charge in [-0.2, -0.15) is 0 Å². The molecule has 9 aromatic rings. The summed E-state index contributed by atoms with van der Waals surface area (Å²) < 4.78 is 196. The minimum Gasteiger partial charge on any atom is -0.455 e. The molecule has 6 aromatic carbocycles. The fourth-order valence-electron chi connectivity index (χ4n) is 4.85. The Hall–Kier alpha value is -5.28. The molecular weight excluding hydrogens is 478 g/mol. The van der Waals surface area contributed by atoms with Crippen LogP contribution in [0.4, 0.5) is 0 Å². The predicted octanol–water partition coefficient (Wildman–Crippen LogP) is 10.2. The van der Waals surface area contributed by atoms with Gasteiger partial charge in [0.15, 0.2) is 0 Å². The Bertz CT molecular complexity index is 3490. The van der Waals surface area contributed by atoms with E-state index in [4.69, 9.17) is 34.9 Å². The summed E-state index contributed by atoms with van der Waals surface area (Å²) in [7, 11) is 0. The number of furan rings is 2.